The average molecular weight is 299 g/mol. The molecule has 0 amide bonds. The van der Waals surface area contributed by atoms with Gasteiger partial charge in [-0.05, 0) is 37.8 Å². The Labute approximate surface area is 125 Å². The van der Waals surface area contributed by atoms with Crippen LogP contribution in [0.15, 0.2) is 18.2 Å². The van der Waals surface area contributed by atoms with E-state index in [0.717, 1.165) is 6.42 Å². The molecule has 0 aliphatic heterocycles. The number of hydrogen-bond acceptors (Lipinski definition) is 3. The summed E-state index contributed by atoms with van der Waals surface area (Å²) in [5.41, 5.74) is 0.809. The Bertz CT molecular complexity index is 493. The van der Waals surface area contributed by atoms with Crippen LogP contribution in [0.5, 0.6) is 0 Å². The van der Waals surface area contributed by atoms with Gasteiger partial charge in [-0.2, -0.15) is 0 Å². The van der Waals surface area contributed by atoms with Crippen LogP contribution in [0.1, 0.15) is 46.6 Å². The largest absolute Gasteiger partial charge is 0.307 e. The van der Waals surface area contributed by atoms with E-state index in [1.807, 2.05) is 0 Å². The summed E-state index contributed by atoms with van der Waals surface area (Å²) in [5.74, 6) is 0. The van der Waals surface area contributed by atoms with Gasteiger partial charge in [0.25, 0.3) is 5.69 Å². The predicted molar refractivity (Wildman–Crippen MR) is 83.1 cm³/mol. The van der Waals surface area contributed by atoms with Crippen LogP contribution in [-0.2, 0) is 6.54 Å². The van der Waals surface area contributed by atoms with Crippen molar-refractivity contribution in [2.75, 3.05) is 0 Å². The second-order valence-electron chi connectivity index (χ2n) is 7.01. The number of nitro benzene ring substituents is 1. The van der Waals surface area contributed by atoms with Gasteiger partial charge in [-0.15, -0.1) is 0 Å². The fourth-order valence-electron chi connectivity index (χ4n) is 2.60. The fraction of sp³-hybridized carbons (Fsp3) is 0.600. The molecule has 0 aliphatic carbocycles. The lowest BCUT2D eigenvalue weighted by Gasteiger charge is -2.33. The molecule has 0 aromatic heterocycles. The zero-order chi connectivity index (χ0) is 15.6. The molecule has 1 rings (SSSR count). The van der Waals surface area contributed by atoms with Gasteiger partial charge in [0.1, 0.15) is 0 Å². The van der Waals surface area contributed by atoms with Gasteiger partial charge >= 0.3 is 0 Å². The third-order valence-corrected chi connectivity index (χ3v) is 3.20. The number of halogens is 1. The molecule has 0 fully saturated rings. The lowest BCUT2D eigenvalue weighted by molar-refractivity contribution is -0.385. The van der Waals surface area contributed by atoms with Gasteiger partial charge in [-0.3, -0.25) is 10.1 Å². The van der Waals surface area contributed by atoms with Crippen LogP contribution < -0.4 is 5.32 Å². The second-order valence-corrected chi connectivity index (χ2v) is 7.44. The molecule has 0 atom stereocenters. The maximum absolute atomic E-state index is 11.0. The van der Waals surface area contributed by atoms with Crippen molar-refractivity contribution in [2.24, 2.45) is 5.41 Å². The average Bonchev–Trinajstić information content (AvgIpc) is 2.22. The Kier molecular flexibility index (Phi) is 5.16. The quantitative estimate of drug-likeness (QED) is 0.641. The molecule has 1 N–H and O–H groups in total. The van der Waals surface area contributed by atoms with Gasteiger partial charge < -0.3 is 5.32 Å². The highest BCUT2D eigenvalue weighted by atomic mass is 35.5. The predicted octanol–water partition coefficient (Wildman–Crippen LogP) is 4.55. The van der Waals surface area contributed by atoms with Crippen LogP contribution in [0.3, 0.4) is 0 Å². The second kappa shape index (κ2) is 6.10. The van der Waals surface area contributed by atoms with Crippen molar-refractivity contribution >= 4 is 17.3 Å². The van der Waals surface area contributed by atoms with E-state index in [1.54, 1.807) is 12.1 Å². The van der Waals surface area contributed by atoms with Gasteiger partial charge in [0.15, 0.2) is 0 Å². The SMILES string of the molecule is CC(C)(C)CC(C)(C)NCc1cc(Cl)ccc1[N+](=O)[O-]. The molecule has 1 aromatic carbocycles. The molecule has 0 spiro atoms. The maximum Gasteiger partial charge on any atom is 0.273 e. The highest BCUT2D eigenvalue weighted by Gasteiger charge is 2.25. The summed E-state index contributed by atoms with van der Waals surface area (Å²) in [7, 11) is 0. The monoisotopic (exact) mass is 298 g/mol. The molecule has 1 aromatic rings. The molecular weight excluding hydrogens is 276 g/mol. The van der Waals surface area contributed by atoms with E-state index >= 15 is 0 Å². The minimum absolute atomic E-state index is 0.103. The zero-order valence-corrected chi connectivity index (χ0v) is 13.5. The van der Waals surface area contributed by atoms with Gasteiger partial charge in [0.2, 0.25) is 0 Å². The van der Waals surface area contributed by atoms with Gasteiger partial charge in [0.05, 0.1) is 4.92 Å². The van der Waals surface area contributed by atoms with Crippen molar-refractivity contribution in [1.82, 2.24) is 5.32 Å². The highest BCUT2D eigenvalue weighted by Crippen LogP contribution is 2.28. The lowest BCUT2D eigenvalue weighted by atomic mass is 9.81. The Hall–Kier alpha value is -1.13. The summed E-state index contributed by atoms with van der Waals surface area (Å²) in [6.07, 6.45) is 0.967. The van der Waals surface area contributed by atoms with E-state index in [4.69, 9.17) is 11.6 Å². The van der Waals surface area contributed by atoms with E-state index in [1.165, 1.54) is 6.07 Å². The van der Waals surface area contributed by atoms with E-state index in [9.17, 15) is 10.1 Å². The molecule has 0 unspecified atom stereocenters. The summed E-state index contributed by atoms with van der Waals surface area (Å²) in [6.45, 7) is 11.2. The maximum atomic E-state index is 11.0. The summed E-state index contributed by atoms with van der Waals surface area (Å²) in [6, 6.07) is 4.65. The molecule has 112 valence electrons. The Balaban J connectivity index is 2.84. The molecule has 0 aliphatic rings. The van der Waals surface area contributed by atoms with Crippen molar-refractivity contribution < 1.29 is 4.92 Å². The normalized spacial score (nSPS) is 12.5. The molecule has 20 heavy (non-hydrogen) atoms. The van der Waals surface area contributed by atoms with Crippen molar-refractivity contribution in [3.8, 4) is 0 Å². The minimum Gasteiger partial charge on any atom is -0.307 e. The smallest absolute Gasteiger partial charge is 0.273 e. The number of nitrogens with one attached hydrogen (secondary N) is 1. The molecule has 0 heterocycles. The summed E-state index contributed by atoms with van der Waals surface area (Å²) in [5, 5.41) is 14.9. The van der Waals surface area contributed by atoms with Crippen LogP contribution in [0, 0.1) is 15.5 Å². The number of nitrogens with zero attached hydrogens (tertiary/aromatic N) is 1. The van der Waals surface area contributed by atoms with Crippen LogP contribution >= 0.6 is 11.6 Å². The number of hydrogen-bond donors (Lipinski definition) is 1. The van der Waals surface area contributed by atoms with Crippen LogP contribution in [-0.4, -0.2) is 10.5 Å². The number of rotatable bonds is 5. The number of benzene rings is 1. The van der Waals surface area contributed by atoms with Crippen molar-refractivity contribution in [3.63, 3.8) is 0 Å². The van der Waals surface area contributed by atoms with Crippen molar-refractivity contribution in [1.29, 1.82) is 0 Å². The molecular formula is C15H23ClN2O2. The van der Waals surface area contributed by atoms with Crippen molar-refractivity contribution in [2.45, 2.75) is 53.1 Å². The summed E-state index contributed by atoms with van der Waals surface area (Å²) in [4.78, 5) is 10.7. The summed E-state index contributed by atoms with van der Waals surface area (Å²) < 4.78 is 0. The van der Waals surface area contributed by atoms with Crippen LogP contribution in [0.2, 0.25) is 5.02 Å². The van der Waals surface area contributed by atoms with Gasteiger partial charge in [-0.25, -0.2) is 0 Å². The first-order valence-electron chi connectivity index (χ1n) is 6.68. The van der Waals surface area contributed by atoms with E-state index in [0.29, 0.717) is 17.1 Å². The highest BCUT2D eigenvalue weighted by molar-refractivity contribution is 6.30. The standard InChI is InChI=1S/C15H23ClN2O2/c1-14(2,3)10-15(4,5)17-9-11-8-12(16)6-7-13(11)18(19)20/h6-8,17H,9-10H2,1-5H3. The first-order chi connectivity index (χ1) is 9.00. The third-order valence-electron chi connectivity index (χ3n) is 2.97. The Morgan fingerprint density at radius 1 is 1.25 bits per heavy atom. The summed E-state index contributed by atoms with van der Waals surface area (Å²) >= 11 is 5.93. The molecule has 4 nitrogen and oxygen atoms in total. The van der Waals surface area contributed by atoms with Crippen LogP contribution in [0.25, 0.3) is 0 Å². The van der Waals surface area contributed by atoms with Crippen LogP contribution in [0.4, 0.5) is 5.69 Å². The first-order valence-corrected chi connectivity index (χ1v) is 7.06. The topological polar surface area (TPSA) is 55.2 Å². The molecule has 0 radical (unpaired) electrons. The van der Waals surface area contributed by atoms with Gasteiger partial charge in [0, 0.05) is 28.7 Å². The molecule has 0 bridgehead atoms. The van der Waals surface area contributed by atoms with Gasteiger partial charge in [-0.1, -0.05) is 32.4 Å². The molecule has 0 saturated heterocycles. The Morgan fingerprint density at radius 3 is 2.35 bits per heavy atom. The minimum atomic E-state index is -0.371. The lowest BCUT2D eigenvalue weighted by Crippen LogP contribution is -2.41. The fourth-order valence-corrected chi connectivity index (χ4v) is 2.79. The third kappa shape index (κ3) is 5.47. The van der Waals surface area contributed by atoms with E-state index in [2.05, 4.69) is 39.9 Å². The van der Waals surface area contributed by atoms with E-state index < -0.39 is 0 Å². The number of nitro groups is 1. The zero-order valence-electron chi connectivity index (χ0n) is 12.8. The van der Waals surface area contributed by atoms with E-state index in [-0.39, 0.29) is 21.6 Å². The Morgan fingerprint density at radius 2 is 1.85 bits per heavy atom. The molecule has 5 heteroatoms. The first kappa shape index (κ1) is 16.9. The van der Waals surface area contributed by atoms with Crippen molar-refractivity contribution in [3.05, 3.63) is 38.9 Å². The molecule has 0 saturated carbocycles.